The Balaban J connectivity index is 1.82. The van der Waals surface area contributed by atoms with Crippen molar-refractivity contribution < 1.29 is 32.0 Å². The van der Waals surface area contributed by atoms with Crippen molar-refractivity contribution in [3.8, 4) is 0 Å². The van der Waals surface area contributed by atoms with Crippen LogP contribution in [0.15, 0.2) is 34.1 Å². The predicted octanol–water partition coefficient (Wildman–Crippen LogP) is 4.38. The van der Waals surface area contributed by atoms with Crippen molar-refractivity contribution in [2.24, 2.45) is 11.3 Å². The molecule has 174 valence electrons. The number of hydrogen-bond acceptors (Lipinski definition) is 4. The van der Waals surface area contributed by atoms with Crippen LogP contribution in [0.4, 0.5) is 13.2 Å². The second kappa shape index (κ2) is 7.78. The third-order valence-electron chi connectivity index (χ3n) is 6.76. The highest BCUT2D eigenvalue weighted by Crippen LogP contribution is 2.52. The Hall–Kier alpha value is -2.58. The van der Waals surface area contributed by atoms with Crippen molar-refractivity contribution in [1.82, 2.24) is 10.2 Å². The second-order valence-corrected chi connectivity index (χ2v) is 9.86. The van der Waals surface area contributed by atoms with Gasteiger partial charge in [0.15, 0.2) is 11.5 Å². The van der Waals surface area contributed by atoms with Gasteiger partial charge in [0.1, 0.15) is 0 Å². The molecule has 0 radical (unpaired) electrons. The molecule has 9 heteroatoms. The van der Waals surface area contributed by atoms with Gasteiger partial charge < -0.3 is 14.6 Å². The Labute approximate surface area is 184 Å². The first-order chi connectivity index (χ1) is 15.0. The third kappa shape index (κ3) is 3.65. The fourth-order valence-electron chi connectivity index (χ4n) is 5.29. The molecule has 6 nitrogen and oxygen atoms in total. The lowest BCUT2D eigenvalue weighted by Gasteiger charge is -2.35. The van der Waals surface area contributed by atoms with E-state index in [1.807, 2.05) is 5.32 Å². The molecule has 3 aliphatic rings. The molecule has 0 aromatic carbocycles. The first kappa shape index (κ1) is 22.6. The minimum Gasteiger partial charge on any atom is -0.459 e. The van der Waals surface area contributed by atoms with Crippen molar-refractivity contribution in [2.75, 3.05) is 6.54 Å². The molecule has 2 heterocycles. The molecule has 2 amide bonds. The number of ketones is 1. The summed E-state index contributed by atoms with van der Waals surface area (Å²) in [7, 11) is 0. The number of amides is 2. The van der Waals surface area contributed by atoms with Crippen molar-refractivity contribution in [3.05, 3.63) is 35.4 Å². The van der Waals surface area contributed by atoms with Gasteiger partial charge in [0.25, 0.3) is 11.8 Å². The molecule has 1 unspecified atom stereocenters. The van der Waals surface area contributed by atoms with Gasteiger partial charge in [-0.2, -0.15) is 13.2 Å². The quantitative estimate of drug-likeness (QED) is 0.736. The van der Waals surface area contributed by atoms with Crippen LogP contribution < -0.4 is 5.32 Å². The molecule has 1 aromatic rings. The number of Topliss-reactive ketones (excluding diaryl/α,β-unsaturated/α-hetero) is 1. The molecule has 1 aliphatic heterocycles. The van der Waals surface area contributed by atoms with Crippen LogP contribution in [0.2, 0.25) is 0 Å². The molecule has 32 heavy (non-hydrogen) atoms. The van der Waals surface area contributed by atoms with Gasteiger partial charge in [0.05, 0.1) is 11.8 Å². The summed E-state index contributed by atoms with van der Waals surface area (Å²) in [6, 6.07) is 2.57. The zero-order valence-corrected chi connectivity index (χ0v) is 18.2. The summed E-state index contributed by atoms with van der Waals surface area (Å²) in [6.45, 7) is 3.72. The molecule has 0 bridgehead atoms. The molecular weight excluding hydrogens is 425 g/mol. The van der Waals surface area contributed by atoms with Crippen LogP contribution in [0, 0.1) is 11.3 Å². The number of furan rings is 1. The minimum atomic E-state index is -5.20. The first-order valence-electron chi connectivity index (χ1n) is 11.0. The average molecular weight is 452 g/mol. The Morgan fingerprint density at radius 1 is 1.19 bits per heavy atom. The molecule has 1 saturated carbocycles. The maximum atomic E-state index is 14.7. The van der Waals surface area contributed by atoms with Gasteiger partial charge in [-0.1, -0.05) is 33.1 Å². The Kier molecular flexibility index (Phi) is 5.49. The van der Waals surface area contributed by atoms with E-state index in [1.54, 1.807) is 13.8 Å². The van der Waals surface area contributed by atoms with Crippen LogP contribution in [0.25, 0.3) is 0 Å². The van der Waals surface area contributed by atoms with Crippen LogP contribution in [0.3, 0.4) is 0 Å². The molecular formula is C23H27F3N2O4. The normalized spacial score (nSPS) is 26.5. The fraction of sp³-hybridized carbons (Fsp3) is 0.609. The molecule has 0 spiro atoms. The van der Waals surface area contributed by atoms with E-state index < -0.39 is 40.3 Å². The Morgan fingerprint density at radius 2 is 1.88 bits per heavy atom. The lowest BCUT2D eigenvalue weighted by Crippen LogP contribution is -2.66. The lowest BCUT2D eigenvalue weighted by atomic mass is 9.72. The number of hydrogen-bond donors (Lipinski definition) is 1. The largest absolute Gasteiger partial charge is 0.459 e. The number of nitrogens with one attached hydrogen (secondary N) is 1. The summed E-state index contributed by atoms with van der Waals surface area (Å²) in [5, 5.41) is 1.88. The fourth-order valence-corrected chi connectivity index (χ4v) is 5.29. The smallest absolute Gasteiger partial charge is 0.425 e. The molecule has 1 N–H and O–H groups in total. The van der Waals surface area contributed by atoms with E-state index in [4.69, 9.17) is 4.42 Å². The topological polar surface area (TPSA) is 79.6 Å². The number of allylic oxidation sites excluding steroid dienone is 1. The van der Waals surface area contributed by atoms with Crippen LogP contribution >= 0.6 is 0 Å². The van der Waals surface area contributed by atoms with E-state index in [-0.39, 0.29) is 36.8 Å². The molecule has 1 atom stereocenters. The van der Waals surface area contributed by atoms with Gasteiger partial charge in [0.2, 0.25) is 5.54 Å². The summed E-state index contributed by atoms with van der Waals surface area (Å²) >= 11 is 0. The van der Waals surface area contributed by atoms with Crippen LogP contribution in [-0.4, -0.2) is 40.8 Å². The SMILES string of the molecule is CC1(C)CC(=O)C2=C(C1)N(CC1CCCCC1)C(=O)C2(NC(=O)c1ccco1)C(F)(F)F. The number of rotatable bonds is 4. The summed E-state index contributed by atoms with van der Waals surface area (Å²) in [4.78, 5) is 40.4. The lowest BCUT2D eigenvalue weighted by molar-refractivity contribution is -0.191. The van der Waals surface area contributed by atoms with Gasteiger partial charge in [-0.3, -0.25) is 14.4 Å². The number of carbonyl (C=O) groups excluding carboxylic acids is 3. The highest BCUT2D eigenvalue weighted by atomic mass is 19.4. The summed E-state index contributed by atoms with van der Waals surface area (Å²) in [5.41, 5.74) is -4.54. The van der Waals surface area contributed by atoms with Crippen molar-refractivity contribution in [3.63, 3.8) is 0 Å². The van der Waals surface area contributed by atoms with E-state index in [0.717, 1.165) is 43.3 Å². The van der Waals surface area contributed by atoms with Crippen LogP contribution in [0.5, 0.6) is 0 Å². The van der Waals surface area contributed by atoms with Gasteiger partial charge in [0, 0.05) is 18.7 Å². The molecule has 2 aliphatic carbocycles. The number of alkyl halides is 3. The molecule has 0 saturated heterocycles. The van der Waals surface area contributed by atoms with Crippen molar-refractivity contribution in [2.45, 2.75) is 70.5 Å². The standard InChI is InChI=1S/C23H27F3N2O4/c1-21(2)11-15-18(16(29)12-21)22(23(24,25)26,27-19(30)17-9-6-10-32-17)20(31)28(15)13-14-7-4-3-5-8-14/h6,9-10,14H,3-5,7-8,11-13H2,1-2H3,(H,27,30). The number of halogens is 3. The minimum absolute atomic E-state index is 0.0615. The number of carbonyl (C=O) groups is 3. The zero-order valence-electron chi connectivity index (χ0n) is 18.2. The van der Waals surface area contributed by atoms with Gasteiger partial charge >= 0.3 is 6.18 Å². The van der Waals surface area contributed by atoms with Gasteiger partial charge in [-0.25, -0.2) is 0 Å². The summed E-state index contributed by atoms with van der Waals surface area (Å²) in [5.74, 6) is -3.55. The maximum Gasteiger partial charge on any atom is 0.425 e. The van der Waals surface area contributed by atoms with Gasteiger partial charge in [-0.05, 0) is 42.7 Å². The first-order valence-corrected chi connectivity index (χ1v) is 11.0. The zero-order chi connectivity index (χ0) is 23.3. The van der Waals surface area contributed by atoms with Crippen molar-refractivity contribution in [1.29, 1.82) is 0 Å². The number of nitrogens with zero attached hydrogens (tertiary/aromatic N) is 1. The van der Waals surface area contributed by atoms with E-state index in [9.17, 15) is 27.6 Å². The van der Waals surface area contributed by atoms with Gasteiger partial charge in [-0.15, -0.1) is 0 Å². The highest BCUT2D eigenvalue weighted by molar-refractivity contribution is 6.14. The van der Waals surface area contributed by atoms with E-state index in [1.165, 1.54) is 12.1 Å². The summed E-state index contributed by atoms with van der Waals surface area (Å²) in [6.07, 6.45) is 0.598. The molecule has 1 fully saturated rings. The maximum absolute atomic E-state index is 14.7. The van der Waals surface area contributed by atoms with Crippen LogP contribution in [-0.2, 0) is 9.59 Å². The Morgan fingerprint density at radius 3 is 2.47 bits per heavy atom. The highest BCUT2D eigenvalue weighted by Gasteiger charge is 2.71. The monoisotopic (exact) mass is 452 g/mol. The average Bonchev–Trinajstić information content (AvgIpc) is 3.30. The van der Waals surface area contributed by atoms with E-state index in [0.29, 0.717) is 0 Å². The Bertz CT molecular complexity index is 958. The van der Waals surface area contributed by atoms with E-state index >= 15 is 0 Å². The molecule has 4 rings (SSSR count). The summed E-state index contributed by atoms with van der Waals surface area (Å²) < 4.78 is 49.0. The van der Waals surface area contributed by atoms with Crippen molar-refractivity contribution >= 4 is 17.6 Å². The second-order valence-electron chi connectivity index (χ2n) is 9.86. The third-order valence-corrected chi connectivity index (χ3v) is 6.76. The van der Waals surface area contributed by atoms with Crippen LogP contribution in [0.1, 0.15) is 69.3 Å². The predicted molar refractivity (Wildman–Crippen MR) is 108 cm³/mol. The molecule has 1 aromatic heterocycles. The van der Waals surface area contributed by atoms with E-state index in [2.05, 4.69) is 0 Å².